The summed E-state index contributed by atoms with van der Waals surface area (Å²) in [7, 11) is 0. The predicted octanol–water partition coefficient (Wildman–Crippen LogP) is 2.23. The maximum atomic E-state index is 12.4. The average molecular weight is 253 g/mol. The SMILES string of the molecule is CC(Nc1ccc(-n2cc[nH]c2=O)cc1)C(F)F. The second-order valence-electron chi connectivity index (χ2n) is 3.95. The third kappa shape index (κ3) is 2.58. The molecule has 0 saturated carbocycles. The number of imidazole rings is 1. The first kappa shape index (κ1) is 12.3. The van der Waals surface area contributed by atoms with E-state index in [0.29, 0.717) is 11.4 Å². The molecule has 1 heterocycles. The zero-order chi connectivity index (χ0) is 13.1. The second kappa shape index (κ2) is 5.03. The van der Waals surface area contributed by atoms with Gasteiger partial charge < -0.3 is 10.3 Å². The summed E-state index contributed by atoms with van der Waals surface area (Å²) < 4.78 is 26.1. The van der Waals surface area contributed by atoms with Crippen molar-refractivity contribution in [1.29, 1.82) is 0 Å². The molecule has 0 fully saturated rings. The molecule has 0 saturated heterocycles. The summed E-state index contributed by atoms with van der Waals surface area (Å²) >= 11 is 0. The van der Waals surface area contributed by atoms with Gasteiger partial charge in [-0.05, 0) is 31.2 Å². The van der Waals surface area contributed by atoms with E-state index in [4.69, 9.17) is 0 Å². The number of benzene rings is 1. The second-order valence-corrected chi connectivity index (χ2v) is 3.95. The summed E-state index contributed by atoms with van der Waals surface area (Å²) in [5, 5.41) is 2.68. The van der Waals surface area contributed by atoms with Crippen LogP contribution in [0.1, 0.15) is 6.92 Å². The van der Waals surface area contributed by atoms with Crippen molar-refractivity contribution >= 4 is 5.69 Å². The summed E-state index contributed by atoms with van der Waals surface area (Å²) in [6.07, 6.45) is 0.719. The fourth-order valence-electron chi connectivity index (χ4n) is 1.57. The summed E-state index contributed by atoms with van der Waals surface area (Å²) in [6.45, 7) is 1.41. The van der Waals surface area contributed by atoms with Gasteiger partial charge in [0.15, 0.2) is 0 Å². The minimum absolute atomic E-state index is 0.239. The highest BCUT2D eigenvalue weighted by Gasteiger charge is 2.13. The molecule has 1 unspecified atom stereocenters. The number of aromatic nitrogens is 2. The fourth-order valence-corrected chi connectivity index (χ4v) is 1.57. The van der Waals surface area contributed by atoms with Crippen molar-refractivity contribution in [3.8, 4) is 5.69 Å². The van der Waals surface area contributed by atoms with E-state index in [9.17, 15) is 13.6 Å². The number of nitrogens with zero attached hydrogens (tertiary/aromatic N) is 1. The number of H-pyrrole nitrogens is 1. The van der Waals surface area contributed by atoms with Crippen LogP contribution >= 0.6 is 0 Å². The van der Waals surface area contributed by atoms with Gasteiger partial charge in [-0.2, -0.15) is 0 Å². The zero-order valence-corrected chi connectivity index (χ0v) is 9.73. The Bertz CT molecular complexity index is 559. The van der Waals surface area contributed by atoms with Crippen molar-refractivity contribution in [1.82, 2.24) is 9.55 Å². The van der Waals surface area contributed by atoms with Crippen LogP contribution in [-0.4, -0.2) is 22.0 Å². The molecule has 18 heavy (non-hydrogen) atoms. The van der Waals surface area contributed by atoms with Crippen LogP contribution in [0.15, 0.2) is 41.5 Å². The molecule has 0 bridgehead atoms. The highest BCUT2D eigenvalue weighted by atomic mass is 19.3. The molecule has 0 amide bonds. The van der Waals surface area contributed by atoms with E-state index >= 15 is 0 Å². The fraction of sp³-hybridized carbons (Fsp3) is 0.250. The smallest absolute Gasteiger partial charge is 0.330 e. The van der Waals surface area contributed by atoms with Crippen molar-refractivity contribution in [3.63, 3.8) is 0 Å². The molecule has 0 radical (unpaired) electrons. The summed E-state index contributed by atoms with van der Waals surface area (Å²) in [4.78, 5) is 13.9. The van der Waals surface area contributed by atoms with Gasteiger partial charge in [0.1, 0.15) is 0 Å². The molecule has 0 aliphatic heterocycles. The third-order valence-corrected chi connectivity index (χ3v) is 2.57. The van der Waals surface area contributed by atoms with Gasteiger partial charge in [0.05, 0.1) is 11.7 Å². The van der Waals surface area contributed by atoms with E-state index in [0.717, 1.165) is 0 Å². The van der Waals surface area contributed by atoms with Gasteiger partial charge in [-0.15, -0.1) is 0 Å². The van der Waals surface area contributed by atoms with Crippen molar-refractivity contribution in [2.24, 2.45) is 0 Å². The average Bonchev–Trinajstić information content (AvgIpc) is 2.76. The molecule has 1 atom stereocenters. The number of hydrogen-bond acceptors (Lipinski definition) is 2. The highest BCUT2D eigenvalue weighted by Crippen LogP contribution is 2.14. The predicted molar refractivity (Wildman–Crippen MR) is 65.5 cm³/mol. The maximum Gasteiger partial charge on any atom is 0.330 e. The van der Waals surface area contributed by atoms with E-state index in [1.165, 1.54) is 17.7 Å². The van der Waals surface area contributed by atoms with Crippen LogP contribution < -0.4 is 11.0 Å². The molecule has 2 N–H and O–H groups in total. The van der Waals surface area contributed by atoms with Crippen LogP contribution in [0.5, 0.6) is 0 Å². The lowest BCUT2D eigenvalue weighted by Crippen LogP contribution is -2.23. The van der Waals surface area contributed by atoms with E-state index < -0.39 is 12.5 Å². The first-order chi connectivity index (χ1) is 8.58. The minimum Gasteiger partial charge on any atom is -0.377 e. The number of rotatable bonds is 4. The van der Waals surface area contributed by atoms with Crippen molar-refractivity contribution in [2.75, 3.05) is 5.32 Å². The number of alkyl halides is 2. The minimum atomic E-state index is -2.42. The van der Waals surface area contributed by atoms with Gasteiger partial charge in [0.2, 0.25) is 0 Å². The Kier molecular flexibility index (Phi) is 3.45. The van der Waals surface area contributed by atoms with Crippen LogP contribution in [-0.2, 0) is 0 Å². The van der Waals surface area contributed by atoms with Gasteiger partial charge in [0.25, 0.3) is 6.43 Å². The Labute approximate surface area is 102 Å². The number of anilines is 1. The monoisotopic (exact) mass is 253 g/mol. The number of aromatic amines is 1. The molecule has 2 rings (SSSR count). The topological polar surface area (TPSA) is 49.8 Å². The Morgan fingerprint density at radius 3 is 2.44 bits per heavy atom. The van der Waals surface area contributed by atoms with Gasteiger partial charge in [-0.25, -0.2) is 13.6 Å². The first-order valence-electron chi connectivity index (χ1n) is 5.49. The van der Waals surface area contributed by atoms with Crippen LogP contribution in [0.2, 0.25) is 0 Å². The Hall–Kier alpha value is -2.11. The number of nitrogens with one attached hydrogen (secondary N) is 2. The molecule has 96 valence electrons. The van der Waals surface area contributed by atoms with E-state index in [2.05, 4.69) is 10.3 Å². The zero-order valence-electron chi connectivity index (χ0n) is 9.73. The summed E-state index contributed by atoms with van der Waals surface area (Å²) in [5.74, 6) is 0. The van der Waals surface area contributed by atoms with Crippen molar-refractivity contribution in [2.45, 2.75) is 19.4 Å². The first-order valence-corrected chi connectivity index (χ1v) is 5.49. The molecule has 1 aromatic carbocycles. The van der Waals surface area contributed by atoms with Crippen LogP contribution in [0, 0.1) is 0 Å². The molecular weight excluding hydrogens is 240 g/mol. The molecule has 6 heteroatoms. The van der Waals surface area contributed by atoms with Crippen LogP contribution in [0.25, 0.3) is 5.69 Å². The lowest BCUT2D eigenvalue weighted by atomic mass is 10.2. The third-order valence-electron chi connectivity index (χ3n) is 2.57. The quantitative estimate of drug-likeness (QED) is 0.877. The Balaban J connectivity index is 2.16. The van der Waals surface area contributed by atoms with Crippen LogP contribution in [0.3, 0.4) is 0 Å². The number of halogens is 2. The molecule has 0 aliphatic rings. The number of hydrogen-bond donors (Lipinski definition) is 2. The molecule has 0 aliphatic carbocycles. The highest BCUT2D eigenvalue weighted by molar-refractivity contribution is 5.49. The van der Waals surface area contributed by atoms with Crippen molar-refractivity contribution in [3.05, 3.63) is 47.1 Å². The van der Waals surface area contributed by atoms with Crippen molar-refractivity contribution < 1.29 is 8.78 Å². The van der Waals surface area contributed by atoms with E-state index in [1.807, 2.05) is 0 Å². The summed E-state index contributed by atoms with van der Waals surface area (Å²) in [6, 6.07) is 5.79. The van der Waals surface area contributed by atoms with Crippen LogP contribution in [0.4, 0.5) is 14.5 Å². The summed E-state index contributed by atoms with van der Waals surface area (Å²) in [5.41, 5.74) is 1.03. The molecule has 0 spiro atoms. The van der Waals surface area contributed by atoms with E-state index in [-0.39, 0.29) is 5.69 Å². The largest absolute Gasteiger partial charge is 0.377 e. The normalized spacial score (nSPS) is 12.7. The molecular formula is C12H13F2N3O. The lowest BCUT2D eigenvalue weighted by molar-refractivity contribution is 0.131. The molecule has 4 nitrogen and oxygen atoms in total. The Morgan fingerprint density at radius 1 is 1.28 bits per heavy atom. The van der Waals surface area contributed by atoms with Gasteiger partial charge in [-0.3, -0.25) is 4.57 Å². The standard InChI is InChI=1S/C12H13F2N3O/c1-8(11(13)14)16-9-2-4-10(5-3-9)17-7-6-15-12(17)18/h2-8,11,16H,1H3,(H,15,18). The van der Waals surface area contributed by atoms with Gasteiger partial charge >= 0.3 is 5.69 Å². The Morgan fingerprint density at radius 2 is 1.94 bits per heavy atom. The molecule has 1 aromatic heterocycles. The molecule has 2 aromatic rings. The van der Waals surface area contributed by atoms with Gasteiger partial charge in [0, 0.05) is 18.1 Å². The maximum absolute atomic E-state index is 12.4. The van der Waals surface area contributed by atoms with Gasteiger partial charge in [-0.1, -0.05) is 0 Å². The van der Waals surface area contributed by atoms with E-state index in [1.54, 1.807) is 30.5 Å². The lowest BCUT2D eigenvalue weighted by Gasteiger charge is -2.14.